The second kappa shape index (κ2) is 9.92. The summed E-state index contributed by atoms with van der Waals surface area (Å²) in [7, 11) is 0. The van der Waals surface area contributed by atoms with Gasteiger partial charge in [-0.1, -0.05) is 44.8 Å². The summed E-state index contributed by atoms with van der Waals surface area (Å²) in [5.41, 5.74) is 0. The van der Waals surface area contributed by atoms with Crippen LogP contribution in [0.25, 0.3) is 0 Å². The Hall–Kier alpha value is -0.910. The number of carbonyl (C=O) groups is 1. The van der Waals surface area contributed by atoms with E-state index in [9.17, 15) is 20.1 Å². The van der Waals surface area contributed by atoms with Gasteiger partial charge in [0.05, 0.1) is 18.3 Å². The molecular formula is C16H28O5. The number of esters is 1. The third-order valence-electron chi connectivity index (χ3n) is 3.81. The number of hydrogen-bond acceptors (Lipinski definition) is 5. The quantitative estimate of drug-likeness (QED) is 0.395. The first-order valence-corrected chi connectivity index (χ1v) is 7.95. The predicted molar refractivity (Wildman–Crippen MR) is 79.7 cm³/mol. The van der Waals surface area contributed by atoms with Crippen molar-refractivity contribution < 1.29 is 24.9 Å². The Kier molecular flexibility index (Phi) is 8.57. The molecule has 3 N–H and O–H groups in total. The minimum absolute atomic E-state index is 0.0467. The van der Waals surface area contributed by atoms with Crippen LogP contribution in [0.5, 0.6) is 0 Å². The van der Waals surface area contributed by atoms with Crippen LogP contribution in [0, 0.1) is 0 Å². The van der Waals surface area contributed by atoms with Crippen LogP contribution in [-0.4, -0.2) is 45.7 Å². The molecule has 1 aliphatic rings. The lowest BCUT2D eigenvalue weighted by molar-refractivity contribution is -0.156. The Bertz CT molecular complexity index is 329. The summed E-state index contributed by atoms with van der Waals surface area (Å²) in [6.07, 6.45) is 5.39. The molecule has 0 aromatic rings. The number of aliphatic hydroxyl groups is 3. The van der Waals surface area contributed by atoms with Gasteiger partial charge in [-0.15, -0.1) is 0 Å². The summed E-state index contributed by atoms with van der Waals surface area (Å²) in [6.45, 7) is 2.13. The Morgan fingerprint density at radius 1 is 1.33 bits per heavy atom. The van der Waals surface area contributed by atoms with Gasteiger partial charge >= 0.3 is 5.97 Å². The molecule has 5 nitrogen and oxygen atoms in total. The smallest absolute Gasteiger partial charge is 0.306 e. The van der Waals surface area contributed by atoms with Crippen LogP contribution in [0.1, 0.15) is 58.3 Å². The number of aliphatic hydroxyl groups excluding tert-OH is 3. The van der Waals surface area contributed by atoms with E-state index in [0.29, 0.717) is 12.8 Å². The molecule has 0 aromatic heterocycles. The zero-order valence-electron chi connectivity index (χ0n) is 12.8. The molecule has 0 aromatic carbocycles. The topological polar surface area (TPSA) is 87.0 Å². The van der Waals surface area contributed by atoms with Gasteiger partial charge < -0.3 is 20.1 Å². The average molecular weight is 300 g/mol. The first-order chi connectivity index (χ1) is 10.0. The molecule has 1 aliphatic heterocycles. The van der Waals surface area contributed by atoms with Crippen molar-refractivity contribution in [1.29, 1.82) is 0 Å². The maximum atomic E-state index is 11.7. The van der Waals surface area contributed by atoms with E-state index in [0.717, 1.165) is 25.7 Å². The summed E-state index contributed by atoms with van der Waals surface area (Å²) < 4.78 is 5.30. The summed E-state index contributed by atoms with van der Waals surface area (Å²) >= 11 is 0. The van der Waals surface area contributed by atoms with Gasteiger partial charge in [-0.2, -0.15) is 0 Å². The summed E-state index contributed by atoms with van der Waals surface area (Å²) in [5, 5.41) is 29.4. The summed E-state index contributed by atoms with van der Waals surface area (Å²) in [6, 6.07) is 0. The van der Waals surface area contributed by atoms with Crippen LogP contribution < -0.4 is 0 Å². The van der Waals surface area contributed by atoms with Gasteiger partial charge in [-0.05, 0) is 12.8 Å². The number of hydrogen-bond donors (Lipinski definition) is 3. The Morgan fingerprint density at radius 3 is 2.81 bits per heavy atom. The van der Waals surface area contributed by atoms with E-state index in [-0.39, 0.29) is 12.8 Å². The van der Waals surface area contributed by atoms with E-state index in [1.165, 1.54) is 6.08 Å². The summed E-state index contributed by atoms with van der Waals surface area (Å²) in [5.74, 6) is -0.436. The molecule has 0 amide bonds. The van der Waals surface area contributed by atoms with Gasteiger partial charge in [-0.3, -0.25) is 4.79 Å². The van der Waals surface area contributed by atoms with Crippen molar-refractivity contribution in [3.8, 4) is 0 Å². The molecule has 1 rings (SSSR count). The highest BCUT2D eigenvalue weighted by Gasteiger charge is 2.24. The molecule has 1 unspecified atom stereocenters. The molecule has 21 heavy (non-hydrogen) atoms. The van der Waals surface area contributed by atoms with Crippen molar-refractivity contribution in [3.63, 3.8) is 0 Å². The van der Waals surface area contributed by atoms with E-state index in [1.807, 2.05) is 0 Å². The van der Waals surface area contributed by atoms with Crippen LogP contribution in [-0.2, 0) is 9.53 Å². The van der Waals surface area contributed by atoms with Crippen LogP contribution in [0.3, 0.4) is 0 Å². The van der Waals surface area contributed by atoms with E-state index < -0.39 is 30.4 Å². The van der Waals surface area contributed by atoms with Crippen molar-refractivity contribution in [3.05, 3.63) is 12.2 Å². The van der Waals surface area contributed by atoms with Gasteiger partial charge in [0.25, 0.3) is 0 Å². The molecule has 0 bridgehead atoms. The first-order valence-electron chi connectivity index (χ1n) is 7.95. The van der Waals surface area contributed by atoms with Crippen LogP contribution in [0.4, 0.5) is 0 Å². The van der Waals surface area contributed by atoms with Gasteiger partial charge in [0, 0.05) is 12.8 Å². The number of rotatable bonds is 6. The highest BCUT2D eigenvalue weighted by atomic mass is 16.6. The first kappa shape index (κ1) is 18.1. The molecule has 0 fully saturated rings. The van der Waals surface area contributed by atoms with E-state index in [1.54, 1.807) is 6.08 Å². The number of cyclic esters (lactones) is 1. The standard InChI is InChI=1S/C16H28O5/c1-2-3-4-5-7-14(19)15-9-6-8-12(17)13(18)10-11-16(20)21-15/h6,8,12-15,17-19H,2-5,7,9-11H2,1H3/b8-6+/t12-,13-,14+,15?/m1/s1. The zero-order chi connectivity index (χ0) is 15.7. The number of ether oxygens (including phenoxy) is 1. The number of carbonyl (C=O) groups excluding carboxylic acids is 1. The van der Waals surface area contributed by atoms with Gasteiger partial charge in [0.1, 0.15) is 6.10 Å². The van der Waals surface area contributed by atoms with Gasteiger partial charge in [0.2, 0.25) is 0 Å². The Balaban J connectivity index is 2.53. The van der Waals surface area contributed by atoms with Gasteiger partial charge in [-0.25, -0.2) is 0 Å². The maximum absolute atomic E-state index is 11.7. The highest BCUT2D eigenvalue weighted by molar-refractivity contribution is 5.69. The van der Waals surface area contributed by atoms with E-state index in [2.05, 4.69) is 6.92 Å². The van der Waals surface area contributed by atoms with E-state index in [4.69, 9.17) is 4.74 Å². The second-order valence-corrected chi connectivity index (χ2v) is 5.71. The molecular weight excluding hydrogens is 272 g/mol. The van der Waals surface area contributed by atoms with Crippen molar-refractivity contribution in [2.75, 3.05) is 0 Å². The lowest BCUT2D eigenvalue weighted by Crippen LogP contribution is -2.33. The van der Waals surface area contributed by atoms with Gasteiger partial charge in [0.15, 0.2) is 0 Å². The average Bonchev–Trinajstić information content (AvgIpc) is 2.47. The lowest BCUT2D eigenvalue weighted by Gasteiger charge is -2.24. The third-order valence-corrected chi connectivity index (χ3v) is 3.81. The SMILES string of the molecule is CCCCCC[C@H](O)C1C/C=C/[C@@H](O)[C@H](O)CCC(=O)O1. The highest BCUT2D eigenvalue weighted by Crippen LogP contribution is 2.17. The molecule has 0 spiro atoms. The molecule has 0 radical (unpaired) electrons. The van der Waals surface area contributed by atoms with Crippen LogP contribution >= 0.6 is 0 Å². The molecule has 122 valence electrons. The molecule has 0 saturated heterocycles. The fraction of sp³-hybridized carbons (Fsp3) is 0.812. The zero-order valence-corrected chi connectivity index (χ0v) is 12.8. The monoisotopic (exact) mass is 300 g/mol. The predicted octanol–water partition coefficient (Wildman–Crippen LogP) is 1.69. The Labute approximate surface area is 126 Å². The van der Waals surface area contributed by atoms with Crippen LogP contribution in [0.15, 0.2) is 12.2 Å². The third kappa shape index (κ3) is 7.07. The molecule has 0 saturated carbocycles. The van der Waals surface area contributed by atoms with Crippen molar-refractivity contribution in [2.24, 2.45) is 0 Å². The van der Waals surface area contributed by atoms with E-state index >= 15 is 0 Å². The fourth-order valence-electron chi connectivity index (χ4n) is 2.39. The van der Waals surface area contributed by atoms with Crippen molar-refractivity contribution in [2.45, 2.75) is 82.7 Å². The maximum Gasteiger partial charge on any atom is 0.306 e. The fourth-order valence-corrected chi connectivity index (χ4v) is 2.39. The molecule has 5 heteroatoms. The van der Waals surface area contributed by atoms with Crippen molar-refractivity contribution in [1.82, 2.24) is 0 Å². The Morgan fingerprint density at radius 2 is 2.10 bits per heavy atom. The van der Waals surface area contributed by atoms with Crippen LogP contribution in [0.2, 0.25) is 0 Å². The lowest BCUT2D eigenvalue weighted by atomic mass is 10.0. The normalized spacial score (nSPS) is 30.5. The largest absolute Gasteiger partial charge is 0.459 e. The summed E-state index contributed by atoms with van der Waals surface area (Å²) in [4.78, 5) is 11.7. The minimum Gasteiger partial charge on any atom is -0.459 e. The van der Waals surface area contributed by atoms with Crippen molar-refractivity contribution >= 4 is 5.97 Å². The molecule has 1 heterocycles. The molecule has 0 aliphatic carbocycles. The number of unbranched alkanes of at least 4 members (excludes halogenated alkanes) is 3. The molecule has 4 atom stereocenters. The second-order valence-electron chi connectivity index (χ2n) is 5.71. The minimum atomic E-state index is -0.974.